The van der Waals surface area contributed by atoms with Crippen molar-refractivity contribution < 1.29 is 14.5 Å². The van der Waals surface area contributed by atoms with Crippen LogP contribution in [0, 0.1) is 10.1 Å². The topological polar surface area (TPSA) is 88.8 Å². The highest BCUT2D eigenvalue weighted by Gasteiger charge is 2.22. The lowest BCUT2D eigenvalue weighted by Crippen LogP contribution is -2.50. The number of carbonyl (C=O) groups excluding carboxylic acids is 1. The van der Waals surface area contributed by atoms with Gasteiger partial charge in [-0.1, -0.05) is 19.1 Å². The van der Waals surface area contributed by atoms with Crippen LogP contribution in [0.3, 0.4) is 0 Å². The molecule has 27 heavy (non-hydrogen) atoms. The highest BCUT2D eigenvalue weighted by atomic mass is 16.6. The molecule has 2 aromatic rings. The molecule has 0 saturated carbocycles. The number of carbonyl (C=O) groups is 1. The molecule has 0 N–H and O–H groups in total. The van der Waals surface area contributed by atoms with Crippen LogP contribution in [0.25, 0.3) is 0 Å². The Balaban J connectivity index is 1.47. The number of pyridine rings is 1. The number of ether oxygens (including phenoxy) is 1. The molecule has 1 aromatic carbocycles. The Labute approximate surface area is 157 Å². The maximum Gasteiger partial charge on any atom is 0.287 e. The molecule has 0 spiro atoms. The summed E-state index contributed by atoms with van der Waals surface area (Å²) in [4.78, 5) is 30.5. The molecule has 0 bridgehead atoms. The molecule has 1 saturated heterocycles. The van der Waals surface area contributed by atoms with Crippen molar-refractivity contribution in [1.82, 2.24) is 9.88 Å². The van der Waals surface area contributed by atoms with Crippen molar-refractivity contribution in [2.45, 2.75) is 13.3 Å². The Morgan fingerprint density at radius 1 is 1.15 bits per heavy atom. The second kappa shape index (κ2) is 8.48. The highest BCUT2D eigenvalue weighted by molar-refractivity contribution is 5.78. The fraction of sp³-hybridized carbons (Fsp3) is 0.368. The van der Waals surface area contributed by atoms with E-state index in [4.69, 9.17) is 4.74 Å². The molecule has 8 heteroatoms. The molecular weight excluding hydrogens is 348 g/mol. The monoisotopic (exact) mass is 370 g/mol. The second-order valence-electron chi connectivity index (χ2n) is 6.29. The third kappa shape index (κ3) is 4.72. The van der Waals surface area contributed by atoms with Crippen LogP contribution in [0.15, 0.2) is 42.6 Å². The zero-order valence-corrected chi connectivity index (χ0v) is 15.2. The Morgan fingerprint density at radius 3 is 2.41 bits per heavy atom. The van der Waals surface area contributed by atoms with E-state index >= 15 is 0 Å². The van der Waals surface area contributed by atoms with Gasteiger partial charge >= 0.3 is 0 Å². The summed E-state index contributed by atoms with van der Waals surface area (Å²) in [6.07, 6.45) is 2.22. The fourth-order valence-electron chi connectivity index (χ4n) is 2.92. The van der Waals surface area contributed by atoms with Crippen LogP contribution in [0.1, 0.15) is 12.5 Å². The number of piperazine rings is 1. The van der Waals surface area contributed by atoms with Gasteiger partial charge in [-0.05, 0) is 30.2 Å². The van der Waals surface area contributed by atoms with Crippen molar-refractivity contribution >= 4 is 17.4 Å². The number of rotatable bonds is 6. The summed E-state index contributed by atoms with van der Waals surface area (Å²) in [6, 6.07) is 10.8. The molecule has 0 radical (unpaired) electrons. The molecule has 8 nitrogen and oxygen atoms in total. The van der Waals surface area contributed by atoms with Crippen molar-refractivity contribution in [2.75, 3.05) is 37.7 Å². The van der Waals surface area contributed by atoms with Gasteiger partial charge in [0, 0.05) is 32.2 Å². The van der Waals surface area contributed by atoms with Gasteiger partial charge in [0.15, 0.2) is 6.61 Å². The zero-order valence-electron chi connectivity index (χ0n) is 15.2. The highest BCUT2D eigenvalue weighted by Crippen LogP contribution is 2.18. The van der Waals surface area contributed by atoms with Crippen molar-refractivity contribution in [3.8, 4) is 5.75 Å². The predicted molar refractivity (Wildman–Crippen MR) is 101 cm³/mol. The molecule has 2 heterocycles. The molecule has 0 aliphatic carbocycles. The van der Waals surface area contributed by atoms with E-state index < -0.39 is 4.92 Å². The van der Waals surface area contributed by atoms with Gasteiger partial charge in [0.25, 0.3) is 11.6 Å². The van der Waals surface area contributed by atoms with Gasteiger partial charge in [-0.2, -0.15) is 0 Å². The summed E-state index contributed by atoms with van der Waals surface area (Å²) in [7, 11) is 0. The van der Waals surface area contributed by atoms with Crippen LogP contribution in [-0.2, 0) is 11.2 Å². The van der Waals surface area contributed by atoms with Crippen molar-refractivity contribution in [1.29, 1.82) is 0 Å². The van der Waals surface area contributed by atoms with Gasteiger partial charge in [0.2, 0.25) is 0 Å². The van der Waals surface area contributed by atoms with Crippen molar-refractivity contribution in [3.05, 3.63) is 58.3 Å². The maximum atomic E-state index is 12.3. The van der Waals surface area contributed by atoms with E-state index in [0.29, 0.717) is 37.7 Å². The molecule has 142 valence electrons. The van der Waals surface area contributed by atoms with E-state index in [-0.39, 0.29) is 18.2 Å². The normalized spacial score (nSPS) is 14.1. The molecule has 3 rings (SSSR count). The van der Waals surface area contributed by atoms with Crippen molar-refractivity contribution in [3.63, 3.8) is 0 Å². The van der Waals surface area contributed by atoms with Crippen LogP contribution >= 0.6 is 0 Å². The number of benzene rings is 1. The van der Waals surface area contributed by atoms with E-state index in [1.165, 1.54) is 17.8 Å². The number of anilines is 1. The van der Waals surface area contributed by atoms with Crippen LogP contribution in [0.4, 0.5) is 11.5 Å². The average molecular weight is 370 g/mol. The van der Waals surface area contributed by atoms with Gasteiger partial charge in [-0.25, -0.2) is 4.98 Å². The summed E-state index contributed by atoms with van der Waals surface area (Å²) in [5, 5.41) is 10.7. The second-order valence-corrected chi connectivity index (χ2v) is 6.29. The summed E-state index contributed by atoms with van der Waals surface area (Å²) < 4.78 is 5.59. The lowest BCUT2D eigenvalue weighted by atomic mass is 10.2. The number of amides is 1. The smallest absolute Gasteiger partial charge is 0.287 e. The SMILES string of the molecule is CCc1ccc(OCC(=O)N2CCN(c3ccc([N+](=O)[O-])cn3)CC2)cc1. The van der Waals surface area contributed by atoms with E-state index in [1.54, 1.807) is 11.0 Å². The first-order valence-electron chi connectivity index (χ1n) is 8.91. The molecule has 0 unspecified atom stereocenters. The number of aryl methyl sites for hydroxylation is 1. The first kappa shape index (κ1) is 18.6. The number of nitro groups is 1. The molecule has 1 aliphatic rings. The Hall–Kier alpha value is -3.16. The standard InChI is InChI=1S/C19H22N4O4/c1-2-15-3-6-17(7-4-15)27-14-19(24)22-11-9-21(10-12-22)18-8-5-16(13-20-18)23(25)26/h3-8,13H,2,9-12,14H2,1H3. The lowest BCUT2D eigenvalue weighted by Gasteiger charge is -2.35. The van der Waals surface area contributed by atoms with E-state index in [1.807, 2.05) is 29.2 Å². The van der Waals surface area contributed by atoms with Crippen molar-refractivity contribution in [2.24, 2.45) is 0 Å². The molecule has 1 aromatic heterocycles. The van der Waals surface area contributed by atoms with Gasteiger partial charge in [0.1, 0.15) is 17.8 Å². The van der Waals surface area contributed by atoms with E-state index in [9.17, 15) is 14.9 Å². The summed E-state index contributed by atoms with van der Waals surface area (Å²) in [6.45, 7) is 4.49. The lowest BCUT2D eigenvalue weighted by molar-refractivity contribution is -0.385. The third-order valence-electron chi connectivity index (χ3n) is 4.59. The van der Waals surface area contributed by atoms with E-state index in [2.05, 4.69) is 11.9 Å². The minimum atomic E-state index is -0.469. The van der Waals surface area contributed by atoms with Gasteiger partial charge < -0.3 is 14.5 Å². The number of hydrogen-bond donors (Lipinski definition) is 0. The zero-order chi connectivity index (χ0) is 19.2. The molecule has 1 aliphatic heterocycles. The van der Waals surface area contributed by atoms with Crippen LogP contribution < -0.4 is 9.64 Å². The van der Waals surface area contributed by atoms with E-state index in [0.717, 1.165) is 6.42 Å². The molecule has 0 atom stereocenters. The quantitative estimate of drug-likeness (QED) is 0.572. The molecule has 1 fully saturated rings. The number of aromatic nitrogens is 1. The summed E-state index contributed by atoms with van der Waals surface area (Å²) in [5.41, 5.74) is 1.20. The maximum absolute atomic E-state index is 12.3. The van der Waals surface area contributed by atoms with Crippen LogP contribution in [0.5, 0.6) is 5.75 Å². The molecule has 1 amide bonds. The van der Waals surface area contributed by atoms with Gasteiger partial charge in [0.05, 0.1) is 4.92 Å². The summed E-state index contributed by atoms with van der Waals surface area (Å²) >= 11 is 0. The average Bonchev–Trinajstić information content (AvgIpc) is 2.72. The fourth-order valence-corrected chi connectivity index (χ4v) is 2.92. The predicted octanol–water partition coefficient (Wildman–Crippen LogP) is 2.28. The van der Waals surface area contributed by atoms with Crippen LogP contribution in [-0.4, -0.2) is 53.5 Å². The minimum absolute atomic E-state index is 0.0151. The number of nitrogens with zero attached hydrogens (tertiary/aromatic N) is 4. The first-order valence-corrected chi connectivity index (χ1v) is 8.91. The number of hydrogen-bond acceptors (Lipinski definition) is 6. The Kier molecular flexibility index (Phi) is 5.85. The van der Waals surface area contributed by atoms with Gasteiger partial charge in [-0.3, -0.25) is 14.9 Å². The Morgan fingerprint density at radius 2 is 1.85 bits per heavy atom. The van der Waals surface area contributed by atoms with Crippen LogP contribution in [0.2, 0.25) is 0 Å². The summed E-state index contributed by atoms with van der Waals surface area (Å²) in [5.74, 6) is 1.32. The third-order valence-corrected chi connectivity index (χ3v) is 4.59. The molecular formula is C19H22N4O4. The minimum Gasteiger partial charge on any atom is -0.484 e. The largest absolute Gasteiger partial charge is 0.484 e. The Bertz CT molecular complexity index is 784. The van der Waals surface area contributed by atoms with Gasteiger partial charge in [-0.15, -0.1) is 0 Å². The first-order chi connectivity index (χ1) is 13.1.